The number of alkyl carbamates (subject to hydrolysis) is 1. The molecule has 1 aromatic heterocycles. The standard InChI is InChI=1S/C27H27N3O4/c1-26-22-14-18-10-7-13-29(18)24(31)27(22,28-25(32)34-26)15-20-19-11-5-6-12-21(19)30(23(20)26)33-16-17-8-3-2-4-9-17/h2-6,8-9,11-12,18,22H,7,10,13-16H2,1H3,(H,28,32). The number of carbonyl (C=O) groups excluding carboxylic acids is 2. The van der Waals surface area contributed by atoms with Gasteiger partial charge in [-0.25, -0.2) is 4.79 Å². The van der Waals surface area contributed by atoms with Gasteiger partial charge in [0.25, 0.3) is 0 Å². The summed E-state index contributed by atoms with van der Waals surface area (Å²) in [6.45, 7) is 3.13. The molecule has 3 aromatic rings. The first kappa shape index (κ1) is 19.9. The van der Waals surface area contributed by atoms with Crippen molar-refractivity contribution in [3.8, 4) is 0 Å². The molecule has 4 aliphatic rings. The third-order valence-corrected chi connectivity index (χ3v) is 8.48. The monoisotopic (exact) mass is 457 g/mol. The molecule has 2 amide bonds. The molecule has 174 valence electrons. The maximum Gasteiger partial charge on any atom is 0.408 e. The molecule has 3 fully saturated rings. The van der Waals surface area contributed by atoms with Crippen LogP contribution in [0.3, 0.4) is 0 Å². The van der Waals surface area contributed by atoms with Crippen LogP contribution >= 0.6 is 0 Å². The molecule has 2 bridgehead atoms. The summed E-state index contributed by atoms with van der Waals surface area (Å²) in [6.07, 6.45) is 2.73. The van der Waals surface area contributed by atoms with Crippen LogP contribution in [-0.2, 0) is 28.2 Å². The Morgan fingerprint density at radius 2 is 1.91 bits per heavy atom. The van der Waals surface area contributed by atoms with E-state index >= 15 is 0 Å². The van der Waals surface area contributed by atoms with Crippen LogP contribution in [0.15, 0.2) is 54.6 Å². The number of rotatable bonds is 3. The lowest BCUT2D eigenvalue weighted by Gasteiger charge is -2.59. The fraction of sp³-hybridized carbons (Fsp3) is 0.407. The number of benzene rings is 2. The van der Waals surface area contributed by atoms with Crippen LogP contribution in [0.5, 0.6) is 0 Å². The summed E-state index contributed by atoms with van der Waals surface area (Å²) < 4.78 is 8.00. The molecule has 3 saturated heterocycles. The van der Waals surface area contributed by atoms with Crippen molar-refractivity contribution in [1.82, 2.24) is 14.9 Å². The van der Waals surface area contributed by atoms with E-state index in [1.165, 1.54) is 0 Å². The topological polar surface area (TPSA) is 72.8 Å². The molecular weight excluding hydrogens is 430 g/mol. The highest BCUT2D eigenvalue weighted by atomic mass is 16.7. The average molecular weight is 458 g/mol. The molecule has 0 saturated carbocycles. The van der Waals surface area contributed by atoms with Gasteiger partial charge >= 0.3 is 6.09 Å². The SMILES string of the molecule is CC12OC(=O)NC3(Cc4c1n(OCc1ccccc1)c1ccccc41)C(=O)N1CCCC1CC32. The van der Waals surface area contributed by atoms with E-state index in [0.29, 0.717) is 13.0 Å². The van der Waals surface area contributed by atoms with Crippen LogP contribution in [-0.4, -0.2) is 39.8 Å². The van der Waals surface area contributed by atoms with Gasteiger partial charge in [0, 0.05) is 30.3 Å². The molecule has 1 N–H and O–H groups in total. The number of amides is 2. The van der Waals surface area contributed by atoms with Gasteiger partial charge < -0.3 is 19.8 Å². The summed E-state index contributed by atoms with van der Waals surface area (Å²) in [5, 5.41) is 4.05. The highest BCUT2D eigenvalue weighted by molar-refractivity contribution is 5.96. The zero-order valence-electron chi connectivity index (χ0n) is 19.1. The quantitative estimate of drug-likeness (QED) is 0.653. The van der Waals surface area contributed by atoms with Gasteiger partial charge in [0.05, 0.1) is 5.52 Å². The first-order valence-electron chi connectivity index (χ1n) is 12.1. The number of aromatic nitrogens is 1. The van der Waals surface area contributed by atoms with Gasteiger partial charge in [-0.15, -0.1) is 0 Å². The third-order valence-electron chi connectivity index (χ3n) is 8.48. The normalized spacial score (nSPS) is 31.4. The Kier molecular flexibility index (Phi) is 3.98. The van der Waals surface area contributed by atoms with Crippen molar-refractivity contribution < 1.29 is 19.2 Å². The van der Waals surface area contributed by atoms with Crippen molar-refractivity contribution >= 4 is 22.9 Å². The van der Waals surface area contributed by atoms with Crippen molar-refractivity contribution in [2.45, 2.75) is 56.4 Å². The maximum atomic E-state index is 13.9. The minimum absolute atomic E-state index is 0.0433. The van der Waals surface area contributed by atoms with Crippen LogP contribution in [0.1, 0.15) is 43.0 Å². The first-order valence-corrected chi connectivity index (χ1v) is 12.1. The molecule has 7 heteroatoms. The van der Waals surface area contributed by atoms with Crippen LogP contribution in [0, 0.1) is 5.92 Å². The predicted molar refractivity (Wildman–Crippen MR) is 125 cm³/mol. The Labute approximate surface area is 197 Å². The van der Waals surface area contributed by atoms with Crippen LogP contribution in [0.2, 0.25) is 0 Å². The van der Waals surface area contributed by atoms with Crippen molar-refractivity contribution in [3.05, 3.63) is 71.4 Å². The molecule has 1 aliphatic carbocycles. The number of piperidine rings is 1. The molecule has 7 nitrogen and oxygen atoms in total. The van der Waals surface area contributed by atoms with Gasteiger partial charge in [0.2, 0.25) is 5.91 Å². The van der Waals surface area contributed by atoms with E-state index in [2.05, 4.69) is 11.4 Å². The lowest BCUT2D eigenvalue weighted by Crippen LogP contribution is -2.77. The van der Waals surface area contributed by atoms with E-state index in [9.17, 15) is 9.59 Å². The fourth-order valence-electron chi connectivity index (χ4n) is 7.07. The van der Waals surface area contributed by atoms with E-state index in [-0.39, 0.29) is 17.9 Å². The third kappa shape index (κ3) is 2.47. The number of nitrogens with one attached hydrogen (secondary N) is 1. The molecule has 34 heavy (non-hydrogen) atoms. The van der Waals surface area contributed by atoms with E-state index in [4.69, 9.17) is 9.57 Å². The Hall–Kier alpha value is -3.48. The lowest BCUT2D eigenvalue weighted by molar-refractivity contribution is -0.174. The highest BCUT2D eigenvalue weighted by Gasteiger charge is 2.69. The van der Waals surface area contributed by atoms with E-state index in [0.717, 1.165) is 53.5 Å². The summed E-state index contributed by atoms with van der Waals surface area (Å²) >= 11 is 0. The summed E-state index contributed by atoms with van der Waals surface area (Å²) in [5.74, 6) is -0.123. The number of carbonyl (C=O) groups is 2. The van der Waals surface area contributed by atoms with E-state index in [1.54, 1.807) is 0 Å². The Bertz CT molecular complexity index is 1330. The van der Waals surface area contributed by atoms with Crippen molar-refractivity contribution in [1.29, 1.82) is 0 Å². The Morgan fingerprint density at radius 3 is 2.76 bits per heavy atom. The van der Waals surface area contributed by atoms with E-state index < -0.39 is 17.2 Å². The molecular formula is C27H27N3O4. The number of hydrogen-bond acceptors (Lipinski definition) is 4. The maximum absolute atomic E-state index is 13.9. The van der Waals surface area contributed by atoms with Gasteiger partial charge in [-0.05, 0) is 43.4 Å². The Balaban J connectivity index is 1.43. The molecule has 0 radical (unpaired) electrons. The highest BCUT2D eigenvalue weighted by Crippen LogP contribution is 2.57. The van der Waals surface area contributed by atoms with Gasteiger partial charge in [-0.1, -0.05) is 48.5 Å². The summed E-state index contributed by atoms with van der Waals surface area (Å²) in [4.78, 5) is 35.3. The van der Waals surface area contributed by atoms with Crippen molar-refractivity contribution in [2.24, 2.45) is 5.92 Å². The second-order valence-corrected chi connectivity index (χ2v) is 10.3. The second-order valence-electron chi connectivity index (χ2n) is 10.3. The zero-order chi connectivity index (χ0) is 23.1. The van der Waals surface area contributed by atoms with E-state index in [1.807, 2.05) is 65.1 Å². The fourth-order valence-corrected chi connectivity index (χ4v) is 7.07. The Morgan fingerprint density at radius 1 is 1.12 bits per heavy atom. The molecule has 7 rings (SSSR count). The van der Waals surface area contributed by atoms with Crippen LogP contribution < -0.4 is 10.2 Å². The summed E-state index contributed by atoms with van der Waals surface area (Å²) in [5.41, 5.74) is 1.91. The van der Waals surface area contributed by atoms with Crippen LogP contribution in [0.4, 0.5) is 4.79 Å². The molecule has 4 heterocycles. The smallest absolute Gasteiger partial charge is 0.408 e. The van der Waals surface area contributed by atoms with Gasteiger partial charge in [0.1, 0.15) is 17.8 Å². The number of ether oxygens (including phenoxy) is 1. The summed E-state index contributed by atoms with van der Waals surface area (Å²) in [6, 6.07) is 18.3. The first-order chi connectivity index (χ1) is 16.5. The van der Waals surface area contributed by atoms with Gasteiger partial charge in [-0.3, -0.25) is 4.79 Å². The molecule has 2 aromatic carbocycles. The predicted octanol–water partition coefficient (Wildman–Crippen LogP) is 3.53. The van der Waals surface area contributed by atoms with Crippen molar-refractivity contribution in [2.75, 3.05) is 6.54 Å². The van der Waals surface area contributed by atoms with Gasteiger partial charge in [0.15, 0.2) is 5.60 Å². The second kappa shape index (κ2) is 6.78. The molecule has 3 aliphatic heterocycles. The number of hydrogen-bond donors (Lipinski definition) is 1. The van der Waals surface area contributed by atoms with Gasteiger partial charge in [-0.2, -0.15) is 4.73 Å². The number of fused-ring (bicyclic) bond motifs is 5. The summed E-state index contributed by atoms with van der Waals surface area (Å²) in [7, 11) is 0. The van der Waals surface area contributed by atoms with Crippen LogP contribution in [0.25, 0.3) is 10.9 Å². The molecule has 0 spiro atoms. The lowest BCUT2D eigenvalue weighted by atomic mass is 9.59. The number of para-hydroxylation sites is 1. The minimum Gasteiger partial charge on any atom is -0.436 e. The van der Waals surface area contributed by atoms with Crippen molar-refractivity contribution in [3.63, 3.8) is 0 Å². The minimum atomic E-state index is -0.980. The largest absolute Gasteiger partial charge is 0.436 e. The number of nitrogens with zero attached hydrogens (tertiary/aromatic N) is 2. The zero-order valence-corrected chi connectivity index (χ0v) is 19.1. The molecule has 4 atom stereocenters. The average Bonchev–Trinajstić information content (AvgIpc) is 3.42. The molecule has 4 unspecified atom stereocenters.